The smallest absolute Gasteiger partial charge is 0.292 e. The van der Waals surface area contributed by atoms with Crippen molar-refractivity contribution >= 4 is 29.0 Å². The molecule has 4 rings (SSSR count). The van der Waals surface area contributed by atoms with Gasteiger partial charge in [0.25, 0.3) is 5.69 Å². The van der Waals surface area contributed by atoms with E-state index >= 15 is 0 Å². The van der Waals surface area contributed by atoms with Crippen molar-refractivity contribution in [1.82, 2.24) is 19.7 Å². The number of aromatic nitrogens is 3. The highest BCUT2D eigenvalue weighted by molar-refractivity contribution is 7.99. The molecule has 1 saturated heterocycles. The average Bonchev–Trinajstić information content (AvgIpc) is 3.44. The highest BCUT2D eigenvalue weighted by Crippen LogP contribution is 2.37. The van der Waals surface area contributed by atoms with Gasteiger partial charge in [-0.25, -0.2) is 0 Å². The number of amides is 1. The molecule has 9 nitrogen and oxygen atoms in total. The van der Waals surface area contributed by atoms with Gasteiger partial charge in [-0.3, -0.25) is 14.9 Å². The van der Waals surface area contributed by atoms with Crippen LogP contribution in [0.4, 0.5) is 11.4 Å². The molecule has 2 heterocycles. The molecule has 1 aromatic carbocycles. The van der Waals surface area contributed by atoms with Gasteiger partial charge >= 0.3 is 0 Å². The van der Waals surface area contributed by atoms with Crippen molar-refractivity contribution in [3.8, 4) is 0 Å². The van der Waals surface area contributed by atoms with Gasteiger partial charge in [-0.15, -0.1) is 10.2 Å². The summed E-state index contributed by atoms with van der Waals surface area (Å²) in [4.78, 5) is 27.2. The maximum absolute atomic E-state index is 12.5. The minimum atomic E-state index is -0.362. The number of carbonyl (C=O) groups is 1. The van der Waals surface area contributed by atoms with Crippen LogP contribution in [0.5, 0.6) is 0 Å². The number of rotatable bonds is 6. The number of benzene rings is 1. The second-order valence-corrected chi connectivity index (χ2v) is 7.60. The first-order chi connectivity index (χ1) is 13.1. The van der Waals surface area contributed by atoms with Crippen molar-refractivity contribution in [1.29, 1.82) is 0 Å². The normalized spacial score (nSPS) is 17.2. The maximum Gasteiger partial charge on any atom is 0.292 e. The lowest BCUT2D eigenvalue weighted by Crippen LogP contribution is -2.49. The van der Waals surface area contributed by atoms with Gasteiger partial charge in [0.1, 0.15) is 12.0 Å². The standard InChI is InChI=1S/C17H20N6O3S/c24-16(11-27-17-19-18-12-22(17)13-5-6-13)21-9-7-20(8-10-21)14-3-1-2-4-15(14)23(25)26/h1-4,12-13H,5-11H2. The zero-order valence-corrected chi connectivity index (χ0v) is 15.5. The number of nitrogens with zero attached hydrogens (tertiary/aromatic N) is 6. The van der Waals surface area contributed by atoms with Crippen molar-refractivity contribution in [3.63, 3.8) is 0 Å². The van der Waals surface area contributed by atoms with Crippen LogP contribution in [0.15, 0.2) is 35.7 Å². The quantitative estimate of drug-likeness (QED) is 0.424. The molecule has 0 N–H and O–H groups in total. The molecule has 1 saturated carbocycles. The lowest BCUT2D eigenvalue weighted by atomic mass is 10.2. The Balaban J connectivity index is 1.32. The Kier molecular flexibility index (Phi) is 4.97. The summed E-state index contributed by atoms with van der Waals surface area (Å²) < 4.78 is 2.05. The summed E-state index contributed by atoms with van der Waals surface area (Å²) in [7, 11) is 0. The topological polar surface area (TPSA) is 97.4 Å². The number of hydrogen-bond donors (Lipinski definition) is 0. The predicted molar refractivity (Wildman–Crippen MR) is 101 cm³/mol. The van der Waals surface area contributed by atoms with E-state index < -0.39 is 0 Å². The molecule has 27 heavy (non-hydrogen) atoms. The first kappa shape index (κ1) is 17.8. The van der Waals surface area contributed by atoms with Gasteiger partial charge in [-0.05, 0) is 18.9 Å². The molecule has 0 radical (unpaired) electrons. The van der Waals surface area contributed by atoms with Crippen LogP contribution in [0.3, 0.4) is 0 Å². The molecule has 2 fully saturated rings. The summed E-state index contributed by atoms with van der Waals surface area (Å²) >= 11 is 1.42. The molecule has 1 aromatic heterocycles. The van der Waals surface area contributed by atoms with Crippen LogP contribution in [0, 0.1) is 10.1 Å². The largest absolute Gasteiger partial charge is 0.362 e. The summed E-state index contributed by atoms with van der Waals surface area (Å²) in [6, 6.07) is 7.23. The van der Waals surface area contributed by atoms with Crippen LogP contribution >= 0.6 is 11.8 Å². The number of nitro groups is 1. The molecular formula is C17H20N6O3S. The maximum atomic E-state index is 12.5. The first-order valence-corrected chi connectivity index (χ1v) is 9.90. The van der Waals surface area contributed by atoms with E-state index in [2.05, 4.69) is 10.2 Å². The monoisotopic (exact) mass is 388 g/mol. The summed E-state index contributed by atoms with van der Waals surface area (Å²) in [5, 5.41) is 20.1. The number of carbonyl (C=O) groups excluding carboxylic acids is 1. The number of thioether (sulfide) groups is 1. The molecule has 0 bridgehead atoms. The van der Waals surface area contributed by atoms with Crippen LogP contribution in [-0.2, 0) is 4.79 Å². The minimum absolute atomic E-state index is 0.0626. The number of nitro benzene ring substituents is 1. The van der Waals surface area contributed by atoms with Crippen molar-refractivity contribution in [2.75, 3.05) is 36.8 Å². The summed E-state index contributed by atoms with van der Waals surface area (Å²) in [5.74, 6) is 0.393. The third kappa shape index (κ3) is 3.90. The van der Waals surface area contributed by atoms with E-state index in [0.717, 1.165) is 18.0 Å². The zero-order chi connectivity index (χ0) is 18.8. The summed E-state index contributed by atoms with van der Waals surface area (Å²) in [5.41, 5.74) is 0.716. The molecule has 0 spiro atoms. The predicted octanol–water partition coefficient (Wildman–Crippen LogP) is 1.96. The summed E-state index contributed by atoms with van der Waals surface area (Å²) in [6.45, 7) is 2.28. The second kappa shape index (κ2) is 7.55. The van der Waals surface area contributed by atoms with E-state index in [0.29, 0.717) is 43.7 Å². The van der Waals surface area contributed by atoms with Crippen molar-refractivity contribution in [2.45, 2.75) is 24.0 Å². The van der Waals surface area contributed by atoms with Crippen LogP contribution < -0.4 is 4.90 Å². The zero-order valence-electron chi connectivity index (χ0n) is 14.7. The lowest BCUT2D eigenvalue weighted by molar-refractivity contribution is -0.384. The Hall–Kier alpha value is -2.62. The molecule has 1 aliphatic carbocycles. The molecular weight excluding hydrogens is 368 g/mol. The van der Waals surface area contributed by atoms with Gasteiger partial charge in [0.05, 0.1) is 10.7 Å². The van der Waals surface area contributed by atoms with Gasteiger partial charge in [0, 0.05) is 38.3 Å². The van der Waals surface area contributed by atoms with Crippen LogP contribution in [0.2, 0.25) is 0 Å². The SMILES string of the molecule is O=C(CSc1nncn1C1CC1)N1CCN(c2ccccc2[N+](=O)[O-])CC1. The van der Waals surface area contributed by atoms with E-state index in [1.807, 2.05) is 14.4 Å². The highest BCUT2D eigenvalue weighted by atomic mass is 32.2. The third-order valence-corrected chi connectivity index (χ3v) is 5.80. The van der Waals surface area contributed by atoms with Gasteiger partial charge in [0.15, 0.2) is 5.16 Å². The lowest BCUT2D eigenvalue weighted by Gasteiger charge is -2.35. The van der Waals surface area contributed by atoms with Crippen molar-refractivity contribution < 1.29 is 9.72 Å². The fourth-order valence-corrected chi connectivity index (χ4v) is 4.12. The Bertz CT molecular complexity index is 845. The molecule has 2 aromatic rings. The number of hydrogen-bond acceptors (Lipinski definition) is 7. The number of para-hydroxylation sites is 2. The molecule has 1 aliphatic heterocycles. The Morgan fingerprint density at radius 1 is 1.22 bits per heavy atom. The third-order valence-electron chi connectivity index (χ3n) is 4.86. The minimum Gasteiger partial charge on any atom is -0.362 e. The fraction of sp³-hybridized carbons (Fsp3) is 0.471. The fourth-order valence-electron chi connectivity index (χ4n) is 3.24. The van der Waals surface area contributed by atoms with E-state index in [1.165, 1.54) is 17.8 Å². The molecule has 142 valence electrons. The Morgan fingerprint density at radius 3 is 2.67 bits per heavy atom. The first-order valence-electron chi connectivity index (χ1n) is 8.92. The van der Waals surface area contributed by atoms with Crippen LogP contribution in [0.25, 0.3) is 0 Å². The van der Waals surface area contributed by atoms with E-state index in [-0.39, 0.29) is 16.5 Å². The van der Waals surface area contributed by atoms with Crippen LogP contribution in [-0.4, -0.2) is 62.4 Å². The average molecular weight is 388 g/mol. The summed E-state index contributed by atoms with van der Waals surface area (Å²) in [6.07, 6.45) is 4.02. The van der Waals surface area contributed by atoms with Gasteiger partial charge < -0.3 is 14.4 Å². The molecule has 0 atom stereocenters. The van der Waals surface area contributed by atoms with Gasteiger partial charge in [-0.1, -0.05) is 23.9 Å². The Morgan fingerprint density at radius 2 is 1.96 bits per heavy atom. The number of piperazine rings is 1. The molecule has 0 unspecified atom stereocenters. The van der Waals surface area contributed by atoms with E-state index in [1.54, 1.807) is 24.5 Å². The molecule has 10 heteroatoms. The molecule has 1 amide bonds. The molecule has 2 aliphatic rings. The Labute approximate surface area is 160 Å². The second-order valence-electron chi connectivity index (χ2n) is 6.65. The number of anilines is 1. The van der Waals surface area contributed by atoms with Gasteiger partial charge in [0.2, 0.25) is 5.91 Å². The van der Waals surface area contributed by atoms with E-state index in [9.17, 15) is 14.9 Å². The van der Waals surface area contributed by atoms with Crippen molar-refractivity contribution in [3.05, 3.63) is 40.7 Å². The van der Waals surface area contributed by atoms with Crippen molar-refractivity contribution in [2.24, 2.45) is 0 Å². The highest BCUT2D eigenvalue weighted by Gasteiger charge is 2.28. The van der Waals surface area contributed by atoms with E-state index in [4.69, 9.17) is 0 Å². The van der Waals surface area contributed by atoms with Crippen LogP contribution in [0.1, 0.15) is 18.9 Å². The van der Waals surface area contributed by atoms with Gasteiger partial charge in [-0.2, -0.15) is 0 Å².